The lowest BCUT2D eigenvalue weighted by Gasteiger charge is -2.25. The molecule has 0 aromatic heterocycles. The van der Waals surface area contributed by atoms with Crippen molar-refractivity contribution < 1.29 is 9.47 Å². The van der Waals surface area contributed by atoms with Crippen LogP contribution in [0.25, 0.3) is 0 Å². The van der Waals surface area contributed by atoms with E-state index >= 15 is 0 Å². The first-order chi connectivity index (χ1) is 6.98. The Kier molecular flexibility index (Phi) is 4.03. The van der Waals surface area contributed by atoms with Crippen LogP contribution in [-0.4, -0.2) is 18.0 Å². The molecule has 0 spiro atoms. The van der Waals surface area contributed by atoms with E-state index in [9.17, 15) is 0 Å². The van der Waals surface area contributed by atoms with E-state index in [1.165, 1.54) is 0 Å². The van der Waals surface area contributed by atoms with Crippen molar-refractivity contribution in [3.8, 4) is 11.5 Å². The third-order valence-electron chi connectivity index (χ3n) is 2.03. The molecule has 0 bridgehead atoms. The van der Waals surface area contributed by atoms with Crippen molar-refractivity contribution in [3.63, 3.8) is 0 Å². The average molecular weight is 273 g/mol. The monoisotopic (exact) mass is 272 g/mol. The molecule has 84 valence electrons. The fourth-order valence-corrected chi connectivity index (χ4v) is 1.30. The van der Waals surface area contributed by atoms with Crippen LogP contribution >= 0.6 is 15.9 Å². The minimum atomic E-state index is -0.234. The molecular weight excluding hydrogens is 256 g/mol. The molecule has 0 heterocycles. The molecule has 0 N–H and O–H groups in total. The third kappa shape index (κ3) is 3.42. The van der Waals surface area contributed by atoms with Gasteiger partial charge in [0.1, 0.15) is 5.60 Å². The van der Waals surface area contributed by atoms with Crippen LogP contribution in [0.5, 0.6) is 11.5 Å². The second kappa shape index (κ2) is 4.88. The van der Waals surface area contributed by atoms with Crippen LogP contribution in [0.1, 0.15) is 19.4 Å². The number of methoxy groups -OCH3 is 1. The Morgan fingerprint density at radius 2 is 1.93 bits per heavy atom. The molecule has 1 aromatic carbocycles. The first-order valence-corrected chi connectivity index (χ1v) is 6.00. The predicted molar refractivity (Wildman–Crippen MR) is 66.2 cm³/mol. The number of rotatable bonds is 4. The Bertz CT molecular complexity index is 334. The molecule has 0 atom stereocenters. The molecule has 0 amide bonds. The van der Waals surface area contributed by atoms with Crippen LogP contribution in [0.2, 0.25) is 0 Å². The summed E-state index contributed by atoms with van der Waals surface area (Å²) < 4.78 is 11.1. The van der Waals surface area contributed by atoms with E-state index in [1.54, 1.807) is 7.11 Å². The molecule has 3 heteroatoms. The van der Waals surface area contributed by atoms with Gasteiger partial charge in [-0.15, -0.1) is 0 Å². The molecule has 0 aliphatic carbocycles. The van der Waals surface area contributed by atoms with Gasteiger partial charge < -0.3 is 9.47 Å². The van der Waals surface area contributed by atoms with E-state index in [1.807, 2.05) is 39.0 Å². The highest BCUT2D eigenvalue weighted by molar-refractivity contribution is 9.09. The van der Waals surface area contributed by atoms with Crippen LogP contribution in [-0.2, 0) is 0 Å². The summed E-state index contributed by atoms with van der Waals surface area (Å²) in [6.45, 7) is 6.09. The topological polar surface area (TPSA) is 18.5 Å². The summed E-state index contributed by atoms with van der Waals surface area (Å²) in [5, 5.41) is 0.775. The fourth-order valence-electron chi connectivity index (χ4n) is 1.18. The number of aryl methyl sites for hydroxylation is 1. The van der Waals surface area contributed by atoms with Crippen LogP contribution in [0.4, 0.5) is 0 Å². The standard InChI is InChI=1S/C12H17BrO2/c1-9-5-6-10(11(7-9)14-4)15-12(2,3)8-13/h5-7H,8H2,1-4H3. The lowest BCUT2D eigenvalue weighted by molar-refractivity contribution is 0.132. The van der Waals surface area contributed by atoms with Crippen LogP contribution < -0.4 is 9.47 Å². The van der Waals surface area contributed by atoms with Gasteiger partial charge in [-0.05, 0) is 38.5 Å². The van der Waals surface area contributed by atoms with Crippen LogP contribution in [0.15, 0.2) is 18.2 Å². The maximum absolute atomic E-state index is 5.86. The van der Waals surface area contributed by atoms with Gasteiger partial charge in [0.25, 0.3) is 0 Å². The molecule has 0 saturated carbocycles. The molecule has 0 saturated heterocycles. The SMILES string of the molecule is COc1cc(C)ccc1OC(C)(C)CBr. The van der Waals surface area contributed by atoms with Gasteiger partial charge in [0, 0.05) is 5.33 Å². The Labute approximate surface area is 99.7 Å². The summed E-state index contributed by atoms with van der Waals surface area (Å²) in [5.41, 5.74) is 0.929. The van der Waals surface area contributed by atoms with Gasteiger partial charge in [-0.1, -0.05) is 22.0 Å². The van der Waals surface area contributed by atoms with E-state index < -0.39 is 0 Å². The number of hydrogen-bond acceptors (Lipinski definition) is 2. The molecule has 0 aliphatic heterocycles. The fraction of sp³-hybridized carbons (Fsp3) is 0.500. The van der Waals surface area contributed by atoms with Gasteiger partial charge in [-0.3, -0.25) is 0 Å². The largest absolute Gasteiger partial charge is 0.493 e. The number of halogens is 1. The zero-order valence-corrected chi connectivity index (χ0v) is 11.2. The zero-order chi connectivity index (χ0) is 11.5. The lowest BCUT2D eigenvalue weighted by atomic mass is 10.1. The van der Waals surface area contributed by atoms with E-state index in [4.69, 9.17) is 9.47 Å². The Morgan fingerprint density at radius 1 is 1.27 bits per heavy atom. The molecule has 0 fully saturated rings. The van der Waals surface area contributed by atoms with Crippen LogP contribution in [0, 0.1) is 6.92 Å². The number of benzene rings is 1. The normalized spacial score (nSPS) is 11.3. The zero-order valence-electron chi connectivity index (χ0n) is 9.63. The van der Waals surface area contributed by atoms with Gasteiger partial charge in [0.15, 0.2) is 11.5 Å². The number of ether oxygens (including phenoxy) is 2. The van der Waals surface area contributed by atoms with Gasteiger partial charge in [-0.25, -0.2) is 0 Å². The molecule has 1 aromatic rings. The average Bonchev–Trinajstić information content (AvgIpc) is 2.20. The third-order valence-corrected chi connectivity index (χ3v) is 3.38. The Hall–Kier alpha value is -0.700. The first-order valence-electron chi connectivity index (χ1n) is 4.88. The highest BCUT2D eigenvalue weighted by atomic mass is 79.9. The molecule has 0 aliphatic rings. The molecular formula is C12H17BrO2. The first kappa shape index (κ1) is 12.4. The highest BCUT2D eigenvalue weighted by Crippen LogP contribution is 2.31. The van der Waals surface area contributed by atoms with Gasteiger partial charge in [0.2, 0.25) is 0 Å². The van der Waals surface area contributed by atoms with Crippen molar-refractivity contribution in [3.05, 3.63) is 23.8 Å². The summed E-state index contributed by atoms with van der Waals surface area (Å²) >= 11 is 3.42. The summed E-state index contributed by atoms with van der Waals surface area (Å²) in [4.78, 5) is 0. The number of alkyl halides is 1. The van der Waals surface area contributed by atoms with Gasteiger partial charge in [0.05, 0.1) is 7.11 Å². The Morgan fingerprint density at radius 3 is 2.47 bits per heavy atom. The smallest absolute Gasteiger partial charge is 0.162 e. The maximum atomic E-state index is 5.86. The van der Waals surface area contributed by atoms with E-state index in [-0.39, 0.29) is 5.60 Å². The maximum Gasteiger partial charge on any atom is 0.162 e. The highest BCUT2D eigenvalue weighted by Gasteiger charge is 2.19. The van der Waals surface area contributed by atoms with Crippen molar-refractivity contribution >= 4 is 15.9 Å². The molecule has 2 nitrogen and oxygen atoms in total. The Balaban J connectivity index is 2.94. The summed E-state index contributed by atoms with van der Waals surface area (Å²) in [7, 11) is 1.66. The molecule has 0 radical (unpaired) electrons. The quantitative estimate of drug-likeness (QED) is 0.781. The van der Waals surface area contributed by atoms with Crippen molar-refractivity contribution in [2.75, 3.05) is 12.4 Å². The van der Waals surface area contributed by atoms with E-state index in [0.717, 1.165) is 22.4 Å². The van der Waals surface area contributed by atoms with Crippen molar-refractivity contribution in [1.29, 1.82) is 0 Å². The molecule has 1 rings (SSSR count). The molecule has 15 heavy (non-hydrogen) atoms. The molecule has 0 unspecified atom stereocenters. The van der Waals surface area contributed by atoms with Crippen LogP contribution in [0.3, 0.4) is 0 Å². The predicted octanol–water partition coefficient (Wildman–Crippen LogP) is 3.56. The summed E-state index contributed by atoms with van der Waals surface area (Å²) in [6, 6.07) is 5.93. The van der Waals surface area contributed by atoms with E-state index in [0.29, 0.717) is 0 Å². The van der Waals surface area contributed by atoms with Crippen molar-refractivity contribution in [1.82, 2.24) is 0 Å². The summed E-state index contributed by atoms with van der Waals surface area (Å²) in [5.74, 6) is 1.57. The second-order valence-electron chi connectivity index (χ2n) is 4.15. The minimum absolute atomic E-state index is 0.234. The second-order valence-corrected chi connectivity index (χ2v) is 4.71. The minimum Gasteiger partial charge on any atom is -0.493 e. The lowest BCUT2D eigenvalue weighted by Crippen LogP contribution is -2.30. The number of hydrogen-bond donors (Lipinski definition) is 0. The van der Waals surface area contributed by atoms with E-state index in [2.05, 4.69) is 15.9 Å². The van der Waals surface area contributed by atoms with Crippen molar-refractivity contribution in [2.24, 2.45) is 0 Å². The summed E-state index contributed by atoms with van der Waals surface area (Å²) in [6.07, 6.45) is 0. The van der Waals surface area contributed by atoms with Gasteiger partial charge in [-0.2, -0.15) is 0 Å². The van der Waals surface area contributed by atoms with Gasteiger partial charge >= 0.3 is 0 Å². The van der Waals surface area contributed by atoms with Crippen molar-refractivity contribution in [2.45, 2.75) is 26.4 Å².